The zero-order chi connectivity index (χ0) is 13.6. The first-order chi connectivity index (χ1) is 6.95. The molecule has 0 aromatic carbocycles. The first kappa shape index (κ1) is 18.1. The average molecular weight is 259 g/mol. The standard InChI is InChI=1S/C6H16NO2.C2H6O4S/c1-5(8)7(3,4)6(2)9;1-2-6-7(3,4)5/h5-6,8-9H,1-4H3;2H2,1H3,(H,3,4,5)/q+1;/p-1. The molecule has 0 aromatic heterocycles. The second-order valence-electron chi connectivity index (χ2n) is 3.71. The van der Waals surface area contributed by atoms with Gasteiger partial charge in [0.2, 0.25) is 10.4 Å². The molecular formula is C8H21NO6S. The van der Waals surface area contributed by atoms with Crippen molar-refractivity contribution in [3.8, 4) is 0 Å². The van der Waals surface area contributed by atoms with Gasteiger partial charge in [0.25, 0.3) is 0 Å². The van der Waals surface area contributed by atoms with Gasteiger partial charge in [0.15, 0.2) is 12.5 Å². The molecule has 0 aliphatic rings. The number of aliphatic hydroxyl groups is 2. The topological polar surface area (TPSA) is 107 Å². The fourth-order valence-corrected chi connectivity index (χ4v) is 0.745. The molecule has 0 bridgehead atoms. The number of nitrogens with zero attached hydrogens (tertiary/aromatic N) is 1. The summed E-state index contributed by atoms with van der Waals surface area (Å²) < 4.78 is 32.2. The van der Waals surface area contributed by atoms with Crippen LogP contribution in [0.5, 0.6) is 0 Å². The molecule has 0 saturated carbocycles. The van der Waals surface area contributed by atoms with Gasteiger partial charge in [-0.1, -0.05) is 0 Å². The van der Waals surface area contributed by atoms with E-state index in [-0.39, 0.29) is 11.1 Å². The van der Waals surface area contributed by atoms with E-state index in [1.807, 2.05) is 0 Å². The van der Waals surface area contributed by atoms with Crippen molar-refractivity contribution in [2.45, 2.75) is 33.2 Å². The summed E-state index contributed by atoms with van der Waals surface area (Å²) in [6, 6.07) is 0. The monoisotopic (exact) mass is 259 g/mol. The minimum Gasteiger partial charge on any atom is -0.726 e. The Morgan fingerprint density at radius 2 is 1.56 bits per heavy atom. The van der Waals surface area contributed by atoms with Crippen LogP contribution in [0, 0.1) is 0 Å². The van der Waals surface area contributed by atoms with Crippen LogP contribution >= 0.6 is 0 Å². The third-order valence-corrected chi connectivity index (χ3v) is 2.71. The third kappa shape index (κ3) is 9.01. The fraction of sp³-hybridized carbons (Fsp3) is 1.00. The Hall–Kier alpha value is -0.250. The van der Waals surface area contributed by atoms with Gasteiger partial charge >= 0.3 is 0 Å². The lowest BCUT2D eigenvalue weighted by Gasteiger charge is -2.35. The lowest BCUT2D eigenvalue weighted by atomic mass is 10.4. The van der Waals surface area contributed by atoms with Crippen molar-refractivity contribution in [3.05, 3.63) is 0 Å². The highest BCUT2D eigenvalue weighted by atomic mass is 32.3. The highest BCUT2D eigenvalue weighted by Gasteiger charge is 2.26. The summed E-state index contributed by atoms with van der Waals surface area (Å²) in [5, 5.41) is 18.1. The maximum absolute atomic E-state index is 9.45. The number of hydrogen-bond donors (Lipinski definition) is 2. The molecule has 0 aliphatic carbocycles. The zero-order valence-electron chi connectivity index (χ0n) is 10.2. The summed E-state index contributed by atoms with van der Waals surface area (Å²) in [4.78, 5) is 0. The number of hydrogen-bond acceptors (Lipinski definition) is 6. The van der Waals surface area contributed by atoms with Gasteiger partial charge in [0, 0.05) is 13.8 Å². The molecule has 16 heavy (non-hydrogen) atoms. The smallest absolute Gasteiger partial charge is 0.217 e. The van der Waals surface area contributed by atoms with Crippen LogP contribution in [0.4, 0.5) is 0 Å². The molecule has 8 heteroatoms. The van der Waals surface area contributed by atoms with E-state index in [0.717, 1.165) is 0 Å². The van der Waals surface area contributed by atoms with Crippen LogP contribution in [-0.4, -0.2) is 60.8 Å². The molecule has 0 amide bonds. The van der Waals surface area contributed by atoms with E-state index in [1.165, 1.54) is 6.92 Å². The van der Waals surface area contributed by atoms with E-state index in [0.29, 0.717) is 0 Å². The van der Waals surface area contributed by atoms with Crippen molar-refractivity contribution in [3.63, 3.8) is 0 Å². The largest absolute Gasteiger partial charge is 0.726 e. The van der Waals surface area contributed by atoms with Gasteiger partial charge in [-0.15, -0.1) is 0 Å². The molecule has 2 N–H and O–H groups in total. The van der Waals surface area contributed by atoms with Crippen molar-refractivity contribution >= 4 is 10.4 Å². The van der Waals surface area contributed by atoms with Gasteiger partial charge in [-0.3, -0.25) is 8.67 Å². The van der Waals surface area contributed by atoms with Crippen molar-refractivity contribution in [1.82, 2.24) is 0 Å². The Morgan fingerprint density at radius 1 is 1.25 bits per heavy atom. The van der Waals surface area contributed by atoms with Crippen LogP contribution in [0.3, 0.4) is 0 Å². The Kier molecular flexibility index (Phi) is 8.10. The van der Waals surface area contributed by atoms with Crippen molar-refractivity contribution < 1.29 is 31.8 Å². The van der Waals surface area contributed by atoms with Crippen molar-refractivity contribution in [1.29, 1.82) is 0 Å². The van der Waals surface area contributed by atoms with Crippen LogP contribution in [-0.2, 0) is 14.6 Å². The molecule has 0 aliphatic heterocycles. The minimum atomic E-state index is -4.42. The SMILES string of the molecule is CC(O)[N+](C)(C)C(C)O.CCOS(=O)(=O)[O-]. The molecule has 0 aromatic rings. The molecule has 2 atom stereocenters. The van der Waals surface area contributed by atoms with Crippen LogP contribution in [0.25, 0.3) is 0 Å². The second kappa shape index (κ2) is 7.15. The Bertz CT molecular complexity index is 262. The molecule has 0 spiro atoms. The third-order valence-electron chi connectivity index (χ3n) is 2.19. The maximum Gasteiger partial charge on any atom is 0.217 e. The maximum atomic E-state index is 9.45. The molecule has 100 valence electrons. The zero-order valence-corrected chi connectivity index (χ0v) is 11.1. The summed E-state index contributed by atoms with van der Waals surface area (Å²) in [6.07, 6.45) is -1.05. The van der Waals surface area contributed by atoms with E-state index in [9.17, 15) is 13.0 Å². The summed E-state index contributed by atoms with van der Waals surface area (Å²) >= 11 is 0. The fourth-order valence-electron chi connectivity index (χ4n) is 0.457. The lowest BCUT2D eigenvalue weighted by molar-refractivity contribution is -0.974. The molecule has 0 rings (SSSR count). The Labute approximate surface area is 96.8 Å². The highest BCUT2D eigenvalue weighted by molar-refractivity contribution is 7.80. The van der Waals surface area contributed by atoms with Crippen LogP contribution < -0.4 is 0 Å². The van der Waals surface area contributed by atoms with E-state index in [4.69, 9.17) is 10.2 Å². The van der Waals surface area contributed by atoms with E-state index in [1.54, 1.807) is 27.9 Å². The molecule has 2 unspecified atom stereocenters. The normalized spacial score (nSPS) is 16.0. The van der Waals surface area contributed by atoms with E-state index >= 15 is 0 Å². The molecule has 0 radical (unpaired) electrons. The van der Waals surface area contributed by atoms with Gasteiger partial charge in [-0.2, -0.15) is 0 Å². The molecule has 0 heterocycles. The average Bonchev–Trinajstić information content (AvgIpc) is 2.02. The van der Waals surface area contributed by atoms with Crippen molar-refractivity contribution in [2.75, 3.05) is 20.7 Å². The molecular weight excluding hydrogens is 238 g/mol. The van der Waals surface area contributed by atoms with Crippen molar-refractivity contribution in [2.24, 2.45) is 0 Å². The number of rotatable bonds is 4. The summed E-state index contributed by atoms with van der Waals surface area (Å²) in [5.74, 6) is 0. The molecule has 0 fully saturated rings. The van der Waals surface area contributed by atoms with E-state index in [2.05, 4.69) is 4.18 Å². The first-order valence-corrected chi connectivity index (χ1v) is 6.08. The van der Waals surface area contributed by atoms with Gasteiger partial charge in [0.05, 0.1) is 20.7 Å². The van der Waals surface area contributed by atoms with Crippen LogP contribution in [0.2, 0.25) is 0 Å². The Balaban J connectivity index is 0. The number of quaternary nitrogens is 1. The first-order valence-electron chi connectivity index (χ1n) is 4.74. The summed E-state index contributed by atoms with van der Waals surface area (Å²) in [7, 11) is -0.878. The Morgan fingerprint density at radius 3 is 1.56 bits per heavy atom. The van der Waals surface area contributed by atoms with Gasteiger partial charge in [-0.05, 0) is 6.92 Å². The highest BCUT2D eigenvalue weighted by Crippen LogP contribution is 2.07. The second-order valence-corrected chi connectivity index (χ2v) is 4.76. The van der Waals surface area contributed by atoms with E-state index < -0.39 is 22.9 Å². The summed E-state index contributed by atoms with van der Waals surface area (Å²) in [5.41, 5.74) is 0. The van der Waals surface area contributed by atoms with Gasteiger partial charge in [0.1, 0.15) is 0 Å². The predicted molar refractivity (Wildman–Crippen MR) is 56.8 cm³/mol. The molecule has 7 nitrogen and oxygen atoms in total. The predicted octanol–water partition coefficient (Wildman–Crippen LogP) is -0.777. The summed E-state index contributed by atoms with van der Waals surface area (Å²) in [6.45, 7) is 4.65. The van der Waals surface area contributed by atoms with Gasteiger partial charge in [-0.25, -0.2) is 8.42 Å². The number of aliphatic hydroxyl groups excluding tert-OH is 2. The quantitative estimate of drug-likeness (QED) is 0.297. The minimum absolute atomic E-state index is 0.0914. The van der Waals surface area contributed by atoms with Gasteiger partial charge < -0.3 is 14.8 Å². The van der Waals surface area contributed by atoms with Crippen LogP contribution in [0.15, 0.2) is 0 Å². The molecule has 0 saturated heterocycles. The van der Waals surface area contributed by atoms with Crippen LogP contribution in [0.1, 0.15) is 20.8 Å². The lowest BCUT2D eigenvalue weighted by Crippen LogP contribution is -2.53.